The molecule has 0 saturated heterocycles. The smallest absolute Gasteiger partial charge is 0.394 e. The predicted octanol–water partition coefficient (Wildman–Crippen LogP) is 0.927. The van der Waals surface area contributed by atoms with Crippen molar-refractivity contribution in [2.24, 2.45) is 0 Å². The third-order valence-corrected chi connectivity index (χ3v) is 4.12. The average molecular weight is 284 g/mol. The highest BCUT2D eigenvalue weighted by atomic mass is 28.4. The van der Waals surface area contributed by atoms with E-state index in [1.54, 1.807) is 0 Å². The Morgan fingerprint density at radius 2 is 1.06 bits per heavy atom. The van der Waals surface area contributed by atoms with Gasteiger partial charge in [-0.05, 0) is 34.6 Å². The minimum absolute atomic E-state index is 0.139. The predicted molar refractivity (Wildman–Crippen MR) is 71.0 cm³/mol. The Balaban J connectivity index is 0. The van der Waals surface area contributed by atoms with E-state index in [0.717, 1.165) is 0 Å². The molecule has 0 saturated carbocycles. The largest absolute Gasteiger partial charge is 0.679 e. The van der Waals surface area contributed by atoms with E-state index in [4.69, 9.17) is 27.9 Å². The lowest BCUT2D eigenvalue weighted by atomic mass is 10.5. The van der Waals surface area contributed by atoms with Gasteiger partial charge in [-0.1, -0.05) is 0 Å². The van der Waals surface area contributed by atoms with Crippen molar-refractivity contribution in [3.63, 3.8) is 0 Å². The number of hydrogen-bond acceptors (Lipinski definition) is 6. The lowest BCUT2D eigenvalue weighted by molar-refractivity contribution is -0.0247. The summed E-state index contributed by atoms with van der Waals surface area (Å²) in [5.74, 6) is 0. The molecule has 0 aliphatic carbocycles. The Labute approximate surface area is 111 Å². The van der Waals surface area contributed by atoms with Crippen molar-refractivity contribution in [1.82, 2.24) is 0 Å². The first kappa shape index (κ1) is 20.3. The minimum atomic E-state index is -2.80. The molecule has 0 aliphatic heterocycles. The fraction of sp³-hybridized carbons (Fsp3) is 1.00. The van der Waals surface area contributed by atoms with Gasteiger partial charge in [-0.25, -0.2) is 0 Å². The quantitative estimate of drug-likeness (QED) is 0.613. The van der Waals surface area contributed by atoms with Crippen molar-refractivity contribution in [3.8, 4) is 0 Å². The summed E-state index contributed by atoms with van der Waals surface area (Å²) >= 11 is 0. The van der Waals surface area contributed by atoms with E-state index >= 15 is 0 Å². The van der Waals surface area contributed by atoms with Gasteiger partial charge in [-0.3, -0.25) is 0 Å². The third kappa shape index (κ3) is 11.1. The summed E-state index contributed by atoms with van der Waals surface area (Å²) in [5.41, 5.74) is 0. The molecule has 0 rings (SSSR count). The van der Waals surface area contributed by atoms with E-state index in [-0.39, 0.29) is 6.61 Å². The highest BCUT2D eigenvalue weighted by Gasteiger charge is 2.44. The molecule has 18 heavy (non-hydrogen) atoms. The normalized spacial score (nSPS) is 12.8. The van der Waals surface area contributed by atoms with E-state index in [1.165, 1.54) is 6.92 Å². The first-order chi connectivity index (χ1) is 8.51. The molecule has 0 bridgehead atoms. The second-order valence-corrected chi connectivity index (χ2v) is 5.42. The van der Waals surface area contributed by atoms with E-state index < -0.39 is 15.2 Å². The maximum atomic E-state index is 8.11. The maximum Gasteiger partial charge on any atom is 0.679 e. The van der Waals surface area contributed by atoms with Gasteiger partial charge in [0.1, 0.15) is 0 Å². The van der Waals surface area contributed by atoms with Crippen molar-refractivity contribution in [1.29, 1.82) is 0 Å². The van der Waals surface area contributed by atoms with Crippen LogP contribution in [0, 0.1) is 0 Å². The molecule has 0 amide bonds. The SMILES string of the molecule is CC(O)CO.CCO[Si](OCC)(OCC)OCC. The summed E-state index contributed by atoms with van der Waals surface area (Å²) in [6.45, 7) is 11.2. The van der Waals surface area contributed by atoms with Crippen LogP contribution in [0.25, 0.3) is 0 Å². The molecule has 0 aromatic heterocycles. The first-order valence-corrected chi connectivity index (χ1v) is 7.99. The Morgan fingerprint density at radius 3 is 1.17 bits per heavy atom. The number of hydrogen-bond donors (Lipinski definition) is 2. The molecular formula is C11H28O6Si. The zero-order valence-corrected chi connectivity index (χ0v) is 13.1. The zero-order valence-electron chi connectivity index (χ0n) is 12.1. The summed E-state index contributed by atoms with van der Waals surface area (Å²) in [6, 6.07) is 0. The lowest BCUT2D eigenvalue weighted by Gasteiger charge is -2.26. The molecule has 0 fully saturated rings. The van der Waals surface area contributed by atoms with Crippen molar-refractivity contribution in [3.05, 3.63) is 0 Å². The van der Waals surface area contributed by atoms with Crippen LogP contribution in [0.2, 0.25) is 0 Å². The lowest BCUT2D eigenvalue weighted by Crippen LogP contribution is -2.49. The van der Waals surface area contributed by atoms with Crippen LogP contribution in [0.5, 0.6) is 0 Å². The maximum absolute atomic E-state index is 8.11. The van der Waals surface area contributed by atoms with Gasteiger partial charge in [0.05, 0.1) is 12.7 Å². The van der Waals surface area contributed by atoms with Crippen molar-refractivity contribution >= 4 is 9.05 Å². The standard InChI is InChI=1S/C8H20O4Si.C3H8O2/c1-5-9-13(10-6-2,11-7-3)12-8-4;1-3(5)2-4/h5-8H2,1-4H3;3-5H,2H2,1H3. The van der Waals surface area contributed by atoms with Crippen LogP contribution in [0.1, 0.15) is 34.6 Å². The summed E-state index contributed by atoms with van der Waals surface area (Å²) in [4.78, 5) is 0. The average Bonchev–Trinajstić information content (AvgIpc) is 2.31. The monoisotopic (exact) mass is 284 g/mol. The topological polar surface area (TPSA) is 77.4 Å². The molecule has 0 aromatic rings. The van der Waals surface area contributed by atoms with Crippen molar-refractivity contribution < 1.29 is 27.9 Å². The number of aliphatic hydroxyl groups excluding tert-OH is 2. The summed E-state index contributed by atoms with van der Waals surface area (Å²) in [7, 11) is -2.80. The number of aliphatic hydroxyl groups is 2. The molecule has 1 unspecified atom stereocenters. The van der Waals surface area contributed by atoms with E-state index in [9.17, 15) is 0 Å². The van der Waals surface area contributed by atoms with Crippen molar-refractivity contribution in [2.45, 2.75) is 40.7 Å². The van der Waals surface area contributed by atoms with Gasteiger partial charge < -0.3 is 27.9 Å². The molecule has 2 N–H and O–H groups in total. The molecule has 0 radical (unpaired) electrons. The molecule has 0 spiro atoms. The highest BCUT2D eigenvalue weighted by molar-refractivity contribution is 6.53. The van der Waals surface area contributed by atoms with E-state index in [0.29, 0.717) is 26.4 Å². The van der Waals surface area contributed by atoms with Crippen LogP contribution in [0.15, 0.2) is 0 Å². The van der Waals surface area contributed by atoms with Crippen LogP contribution in [-0.4, -0.2) is 58.4 Å². The van der Waals surface area contributed by atoms with Crippen LogP contribution in [0.3, 0.4) is 0 Å². The van der Waals surface area contributed by atoms with Gasteiger partial charge in [-0.15, -0.1) is 0 Å². The summed E-state index contributed by atoms with van der Waals surface area (Å²) < 4.78 is 21.7. The zero-order chi connectivity index (χ0) is 14.4. The molecule has 6 nitrogen and oxygen atoms in total. The third-order valence-electron chi connectivity index (χ3n) is 1.55. The minimum Gasteiger partial charge on any atom is -0.394 e. The molecule has 7 heteroatoms. The van der Waals surface area contributed by atoms with Gasteiger partial charge >= 0.3 is 9.05 Å². The first-order valence-electron chi connectivity index (χ1n) is 6.36. The van der Waals surface area contributed by atoms with Gasteiger partial charge in [0.25, 0.3) is 0 Å². The summed E-state index contributed by atoms with van der Waals surface area (Å²) in [6.07, 6.45) is -0.560. The molecule has 1 atom stereocenters. The van der Waals surface area contributed by atoms with E-state index in [2.05, 4.69) is 0 Å². The fourth-order valence-corrected chi connectivity index (χ4v) is 2.87. The molecule has 0 heterocycles. The molecule has 0 aliphatic rings. The molecule has 112 valence electrons. The van der Waals surface area contributed by atoms with Crippen LogP contribution in [0.4, 0.5) is 0 Å². The van der Waals surface area contributed by atoms with Gasteiger partial charge in [0.15, 0.2) is 0 Å². The van der Waals surface area contributed by atoms with Gasteiger partial charge in [0.2, 0.25) is 0 Å². The van der Waals surface area contributed by atoms with Crippen LogP contribution in [-0.2, 0) is 17.7 Å². The van der Waals surface area contributed by atoms with Crippen LogP contribution < -0.4 is 0 Å². The van der Waals surface area contributed by atoms with Crippen LogP contribution >= 0.6 is 0 Å². The second kappa shape index (κ2) is 13.4. The Bertz CT molecular complexity index is 138. The van der Waals surface area contributed by atoms with E-state index in [1.807, 2.05) is 27.7 Å². The molecular weight excluding hydrogens is 256 g/mol. The summed E-state index contributed by atoms with van der Waals surface area (Å²) in [5, 5.41) is 16.0. The van der Waals surface area contributed by atoms with Crippen molar-refractivity contribution in [2.75, 3.05) is 33.0 Å². The Kier molecular flexibility index (Phi) is 15.1. The second-order valence-electron chi connectivity index (χ2n) is 3.26. The Hall–Kier alpha value is -0.0231. The number of rotatable bonds is 9. The molecule has 0 aromatic carbocycles. The Morgan fingerprint density at radius 1 is 0.833 bits per heavy atom. The fourth-order valence-electron chi connectivity index (χ4n) is 0.957. The highest BCUT2D eigenvalue weighted by Crippen LogP contribution is 2.11. The van der Waals surface area contributed by atoms with Gasteiger partial charge in [0, 0.05) is 26.4 Å². The van der Waals surface area contributed by atoms with Gasteiger partial charge in [-0.2, -0.15) is 0 Å².